The molecule has 0 unspecified atom stereocenters. The molecule has 0 saturated carbocycles. The Hall–Kier alpha value is -2.49. The van der Waals surface area contributed by atoms with E-state index < -0.39 is 0 Å². The van der Waals surface area contributed by atoms with Crippen LogP contribution in [0, 0.1) is 0 Å². The van der Waals surface area contributed by atoms with Crippen LogP contribution in [0.2, 0.25) is 0 Å². The molecule has 0 aromatic heterocycles. The number of benzene rings is 2. The van der Waals surface area contributed by atoms with Gasteiger partial charge in [0.15, 0.2) is 0 Å². The molecule has 1 heterocycles. The molecule has 2 aromatic carbocycles. The third-order valence-electron chi connectivity index (χ3n) is 3.90. The smallest absolute Gasteiger partial charge is 0.221 e. The highest BCUT2D eigenvalue weighted by molar-refractivity contribution is 5.89. The lowest BCUT2D eigenvalue weighted by Gasteiger charge is -2.28. The number of aryl methyl sites for hydroxylation is 1. The Kier molecular flexibility index (Phi) is 4.00. The highest BCUT2D eigenvalue weighted by atomic mass is 16.1. The van der Waals surface area contributed by atoms with E-state index in [1.165, 1.54) is 24.6 Å². The fourth-order valence-electron chi connectivity index (χ4n) is 2.91. The van der Waals surface area contributed by atoms with Crippen molar-refractivity contribution in [3.05, 3.63) is 48.0 Å². The maximum Gasteiger partial charge on any atom is 0.221 e. The largest absolute Gasteiger partial charge is 0.374 e. The van der Waals surface area contributed by atoms with Gasteiger partial charge in [-0.1, -0.05) is 6.07 Å². The van der Waals surface area contributed by atoms with Crippen molar-refractivity contribution in [3.8, 4) is 0 Å². The number of fused-ring (bicyclic) bond motifs is 1. The molecule has 0 spiro atoms. The number of hydrogen-bond donors (Lipinski definition) is 2. The molecule has 1 aliphatic heterocycles. The molecule has 0 saturated heterocycles. The molecule has 2 aromatic rings. The lowest BCUT2D eigenvalue weighted by atomic mass is 10.0. The minimum Gasteiger partial charge on any atom is -0.374 e. The van der Waals surface area contributed by atoms with E-state index in [9.17, 15) is 4.79 Å². The number of rotatable bonds is 3. The van der Waals surface area contributed by atoms with Crippen molar-refractivity contribution in [1.29, 1.82) is 0 Å². The molecular weight excluding hydrogens is 274 g/mol. The van der Waals surface area contributed by atoms with E-state index in [-0.39, 0.29) is 5.91 Å². The third-order valence-corrected chi connectivity index (χ3v) is 3.90. The van der Waals surface area contributed by atoms with Gasteiger partial charge in [0.1, 0.15) is 0 Å². The zero-order valence-electron chi connectivity index (χ0n) is 13.0. The SMILES string of the molecule is CC(=O)Nc1cccc(Nc2ccc3c(c2)CCCN3C)c1. The quantitative estimate of drug-likeness (QED) is 0.906. The molecule has 0 bridgehead atoms. The highest BCUT2D eigenvalue weighted by Gasteiger charge is 2.13. The van der Waals surface area contributed by atoms with Crippen molar-refractivity contribution in [2.24, 2.45) is 0 Å². The second-order valence-corrected chi connectivity index (χ2v) is 5.76. The van der Waals surface area contributed by atoms with Crippen LogP contribution in [0.25, 0.3) is 0 Å². The van der Waals surface area contributed by atoms with Crippen molar-refractivity contribution < 1.29 is 4.79 Å². The lowest BCUT2D eigenvalue weighted by Crippen LogP contribution is -2.24. The van der Waals surface area contributed by atoms with Crippen LogP contribution < -0.4 is 15.5 Å². The van der Waals surface area contributed by atoms with Crippen molar-refractivity contribution in [1.82, 2.24) is 0 Å². The minimum absolute atomic E-state index is 0.0611. The van der Waals surface area contributed by atoms with E-state index in [2.05, 4.69) is 40.8 Å². The van der Waals surface area contributed by atoms with Crippen molar-refractivity contribution in [3.63, 3.8) is 0 Å². The molecule has 0 fully saturated rings. The van der Waals surface area contributed by atoms with Crippen molar-refractivity contribution in [2.75, 3.05) is 29.1 Å². The summed E-state index contributed by atoms with van der Waals surface area (Å²) in [5.41, 5.74) is 5.56. The fourth-order valence-corrected chi connectivity index (χ4v) is 2.91. The van der Waals surface area contributed by atoms with Crippen molar-refractivity contribution in [2.45, 2.75) is 19.8 Å². The van der Waals surface area contributed by atoms with Gasteiger partial charge in [-0.15, -0.1) is 0 Å². The Balaban J connectivity index is 1.80. The predicted molar refractivity (Wildman–Crippen MR) is 92.1 cm³/mol. The first-order valence-corrected chi connectivity index (χ1v) is 7.60. The first kappa shape index (κ1) is 14.4. The zero-order valence-corrected chi connectivity index (χ0v) is 13.0. The molecule has 22 heavy (non-hydrogen) atoms. The van der Waals surface area contributed by atoms with Gasteiger partial charge in [0, 0.05) is 43.3 Å². The summed E-state index contributed by atoms with van der Waals surface area (Å²) < 4.78 is 0. The molecular formula is C18H21N3O. The molecule has 4 heteroatoms. The van der Waals surface area contributed by atoms with Crippen LogP contribution in [-0.2, 0) is 11.2 Å². The number of amides is 1. The van der Waals surface area contributed by atoms with Gasteiger partial charge in [-0.05, 0) is 54.8 Å². The topological polar surface area (TPSA) is 44.4 Å². The van der Waals surface area contributed by atoms with Gasteiger partial charge in [0.05, 0.1) is 0 Å². The Bertz CT molecular complexity index is 696. The third kappa shape index (κ3) is 3.22. The molecule has 4 nitrogen and oxygen atoms in total. The number of nitrogens with zero attached hydrogens (tertiary/aromatic N) is 1. The summed E-state index contributed by atoms with van der Waals surface area (Å²) in [6.07, 6.45) is 2.33. The first-order valence-electron chi connectivity index (χ1n) is 7.60. The second kappa shape index (κ2) is 6.10. The van der Waals surface area contributed by atoms with E-state index in [0.717, 1.165) is 30.0 Å². The van der Waals surface area contributed by atoms with E-state index in [0.29, 0.717) is 0 Å². The summed E-state index contributed by atoms with van der Waals surface area (Å²) >= 11 is 0. The number of hydrogen-bond acceptors (Lipinski definition) is 3. The fraction of sp³-hybridized carbons (Fsp3) is 0.278. The summed E-state index contributed by atoms with van der Waals surface area (Å²) in [5, 5.41) is 6.21. The molecule has 114 valence electrons. The number of nitrogens with one attached hydrogen (secondary N) is 2. The van der Waals surface area contributed by atoms with Crippen LogP contribution in [0.15, 0.2) is 42.5 Å². The van der Waals surface area contributed by atoms with Crippen LogP contribution in [0.5, 0.6) is 0 Å². The highest BCUT2D eigenvalue weighted by Crippen LogP contribution is 2.30. The van der Waals surface area contributed by atoms with Gasteiger partial charge in [-0.25, -0.2) is 0 Å². The van der Waals surface area contributed by atoms with Crippen LogP contribution in [-0.4, -0.2) is 19.5 Å². The summed E-state index contributed by atoms with van der Waals surface area (Å²) in [5.74, 6) is -0.0611. The van der Waals surface area contributed by atoms with Gasteiger partial charge in [-0.3, -0.25) is 4.79 Å². The van der Waals surface area contributed by atoms with Crippen LogP contribution in [0.3, 0.4) is 0 Å². The molecule has 0 radical (unpaired) electrons. The maximum absolute atomic E-state index is 11.1. The molecule has 3 rings (SSSR count). The van der Waals surface area contributed by atoms with Crippen LogP contribution >= 0.6 is 0 Å². The normalized spacial score (nSPS) is 13.5. The first-order chi connectivity index (χ1) is 10.6. The molecule has 0 atom stereocenters. The summed E-state index contributed by atoms with van der Waals surface area (Å²) in [6, 6.07) is 14.2. The van der Waals surface area contributed by atoms with E-state index >= 15 is 0 Å². The van der Waals surface area contributed by atoms with E-state index in [1.54, 1.807) is 0 Å². The Morgan fingerprint density at radius 1 is 1.09 bits per heavy atom. The van der Waals surface area contributed by atoms with E-state index in [4.69, 9.17) is 0 Å². The van der Waals surface area contributed by atoms with Crippen LogP contribution in [0.1, 0.15) is 18.9 Å². The van der Waals surface area contributed by atoms with E-state index in [1.807, 2.05) is 24.3 Å². The second-order valence-electron chi connectivity index (χ2n) is 5.76. The number of anilines is 4. The minimum atomic E-state index is -0.0611. The van der Waals surface area contributed by atoms with Crippen molar-refractivity contribution >= 4 is 28.7 Å². The lowest BCUT2D eigenvalue weighted by molar-refractivity contribution is -0.114. The Labute approximate surface area is 131 Å². The van der Waals surface area contributed by atoms with Crippen LogP contribution in [0.4, 0.5) is 22.7 Å². The van der Waals surface area contributed by atoms with Gasteiger partial charge in [0.2, 0.25) is 5.91 Å². The Morgan fingerprint density at radius 3 is 2.68 bits per heavy atom. The molecule has 2 N–H and O–H groups in total. The number of carbonyl (C=O) groups is 1. The summed E-state index contributed by atoms with van der Waals surface area (Å²) in [7, 11) is 2.14. The average Bonchev–Trinajstić information content (AvgIpc) is 2.47. The summed E-state index contributed by atoms with van der Waals surface area (Å²) in [6.45, 7) is 2.64. The van der Waals surface area contributed by atoms with Gasteiger partial charge >= 0.3 is 0 Å². The molecule has 0 aliphatic carbocycles. The maximum atomic E-state index is 11.1. The van der Waals surface area contributed by atoms with Gasteiger partial charge in [-0.2, -0.15) is 0 Å². The Morgan fingerprint density at radius 2 is 1.86 bits per heavy atom. The molecule has 1 aliphatic rings. The average molecular weight is 295 g/mol. The predicted octanol–water partition coefficient (Wildman–Crippen LogP) is 3.77. The number of carbonyl (C=O) groups excluding carboxylic acids is 1. The van der Waals surface area contributed by atoms with Gasteiger partial charge in [0.25, 0.3) is 0 Å². The standard InChI is InChI=1S/C18H21N3O/c1-13(22)19-15-6-3-7-16(12-15)20-17-8-9-18-14(11-17)5-4-10-21(18)2/h3,6-9,11-12,20H,4-5,10H2,1-2H3,(H,19,22). The molecule has 1 amide bonds. The zero-order chi connectivity index (χ0) is 15.5. The van der Waals surface area contributed by atoms with Gasteiger partial charge < -0.3 is 15.5 Å². The summed E-state index contributed by atoms with van der Waals surface area (Å²) in [4.78, 5) is 13.4. The monoisotopic (exact) mass is 295 g/mol.